The van der Waals surface area contributed by atoms with Crippen molar-refractivity contribution >= 4 is 87.0 Å². The second kappa shape index (κ2) is 21.6. The molecule has 0 fully saturated rings. The molecule has 64 heavy (non-hydrogen) atoms. The average Bonchev–Trinajstić information content (AvgIpc) is 3.14. The van der Waals surface area contributed by atoms with Gasteiger partial charge < -0.3 is 37.9 Å². The number of ketones is 2. The molecule has 30 heteroatoms. The largest absolute Gasteiger partial charge is 1.00 e. The van der Waals surface area contributed by atoms with Gasteiger partial charge in [-0.3, -0.25) is 20.4 Å². The van der Waals surface area contributed by atoms with Crippen molar-refractivity contribution in [2.24, 2.45) is 10.2 Å². The summed E-state index contributed by atoms with van der Waals surface area (Å²) in [7, 11) is -18.8. The summed E-state index contributed by atoms with van der Waals surface area (Å²) in [6.45, 7) is 0. The second-order valence-corrected chi connectivity index (χ2v) is 17.7. The van der Waals surface area contributed by atoms with Gasteiger partial charge in [-0.1, -0.05) is 12.1 Å². The molecule has 0 heterocycles. The van der Waals surface area contributed by atoms with Crippen molar-refractivity contribution in [3.05, 3.63) is 92.7 Å². The number of carbonyl (C=O) groups excluding carboxylic acids is 2. The minimum absolute atomic E-state index is 0. The molecule has 0 unspecified atom stereocenters. The summed E-state index contributed by atoms with van der Waals surface area (Å²) in [4.78, 5) is 22.2. The number of hydrogen-bond donors (Lipinski definition) is 4. The number of nitrogens with one attached hydrogen (secondary N) is 2. The van der Waals surface area contributed by atoms with Crippen LogP contribution in [-0.4, -0.2) is 99.3 Å². The molecule has 0 atom stereocenters. The number of nitrogens with zero attached hydrogens (tertiary/aromatic N) is 2. The predicted molar refractivity (Wildman–Crippen MR) is 203 cm³/mol. The molecular formula is C34H22N4Na4O18S4. The van der Waals surface area contributed by atoms with E-state index in [2.05, 4.69) is 21.1 Å². The maximum Gasteiger partial charge on any atom is 1.00 e. The van der Waals surface area contributed by atoms with Crippen molar-refractivity contribution in [3.8, 4) is 34.1 Å². The van der Waals surface area contributed by atoms with E-state index in [1.165, 1.54) is 50.6 Å². The van der Waals surface area contributed by atoms with Crippen LogP contribution in [0.15, 0.2) is 90.5 Å². The van der Waals surface area contributed by atoms with Crippen LogP contribution in [0.2, 0.25) is 0 Å². The smallest absolute Gasteiger partial charge is 0.744 e. The fourth-order valence-electron chi connectivity index (χ4n) is 5.89. The van der Waals surface area contributed by atoms with Gasteiger partial charge in [0.05, 0.1) is 56.3 Å². The van der Waals surface area contributed by atoms with E-state index in [-0.39, 0.29) is 141 Å². The van der Waals surface area contributed by atoms with E-state index >= 15 is 0 Å². The Bertz CT molecular complexity index is 2980. The average molecular weight is 995 g/mol. The third-order valence-corrected chi connectivity index (χ3v) is 11.9. The summed E-state index contributed by atoms with van der Waals surface area (Å²) in [5.41, 5.74) is 1.29. The number of aromatic hydroxyl groups is 2. The molecule has 0 amide bonds. The number of ether oxygens (including phenoxy) is 2. The van der Waals surface area contributed by atoms with Crippen molar-refractivity contribution in [2.45, 2.75) is 9.79 Å². The Hall–Kier alpha value is -2.52. The van der Waals surface area contributed by atoms with Gasteiger partial charge in [-0.05, 0) is 82.9 Å². The first-order chi connectivity index (χ1) is 27.8. The van der Waals surface area contributed by atoms with Crippen LogP contribution >= 0.6 is 0 Å². The van der Waals surface area contributed by atoms with Crippen LogP contribution in [0.1, 0.15) is 31.8 Å². The molecule has 314 valence electrons. The monoisotopic (exact) mass is 994 g/mol. The molecule has 6 rings (SSSR count). The first-order valence-electron chi connectivity index (χ1n) is 16.0. The molecule has 0 bridgehead atoms. The van der Waals surface area contributed by atoms with Gasteiger partial charge >= 0.3 is 118 Å². The number of carbonyl (C=O) groups is 2. The van der Waals surface area contributed by atoms with E-state index in [0.29, 0.717) is 47.5 Å². The maximum atomic E-state index is 13.3. The van der Waals surface area contributed by atoms with Gasteiger partial charge in [0.15, 0.2) is 0 Å². The van der Waals surface area contributed by atoms with Crippen molar-refractivity contribution in [1.82, 2.24) is 0 Å². The second-order valence-electron chi connectivity index (χ2n) is 12.3. The Balaban J connectivity index is 0.00000352. The quantitative estimate of drug-likeness (QED) is 0.0616. The fourth-order valence-corrected chi connectivity index (χ4v) is 8.23. The zero-order valence-electron chi connectivity index (χ0n) is 33.9. The first kappa shape index (κ1) is 57.6. The van der Waals surface area contributed by atoms with Crippen LogP contribution in [0.4, 0.5) is 11.4 Å². The number of rotatable bonds is 11. The molecule has 4 aromatic carbocycles. The Labute approximate surface area is 452 Å². The van der Waals surface area contributed by atoms with Crippen molar-refractivity contribution in [3.63, 3.8) is 0 Å². The minimum atomic E-state index is -5.47. The number of benzene rings is 4. The molecule has 0 aromatic heterocycles. The number of phenols is 2. The molecule has 2 aliphatic rings. The van der Waals surface area contributed by atoms with Gasteiger partial charge in [0, 0.05) is 0 Å². The van der Waals surface area contributed by atoms with Gasteiger partial charge in [-0.25, -0.2) is 33.7 Å². The number of allylic oxidation sites excluding steroid dienone is 2. The summed E-state index contributed by atoms with van der Waals surface area (Å²) in [6, 6.07) is 10.7. The van der Waals surface area contributed by atoms with Gasteiger partial charge in [0.25, 0.3) is 0 Å². The third-order valence-electron chi connectivity index (χ3n) is 8.60. The summed E-state index contributed by atoms with van der Waals surface area (Å²) in [6.07, 6.45) is 1.15. The van der Waals surface area contributed by atoms with Gasteiger partial charge in [0.1, 0.15) is 74.9 Å². The molecule has 0 spiro atoms. The van der Waals surface area contributed by atoms with Crippen LogP contribution in [-0.2, 0) is 40.5 Å². The van der Waals surface area contributed by atoms with E-state index in [0.717, 1.165) is 0 Å². The molecule has 0 saturated heterocycles. The van der Waals surface area contributed by atoms with Crippen LogP contribution in [0.5, 0.6) is 23.0 Å². The van der Waals surface area contributed by atoms with Crippen LogP contribution in [0, 0.1) is 0 Å². The number of fused-ring (bicyclic) bond motifs is 2. The number of hydrogen-bond acceptors (Lipinski definition) is 22. The molecule has 0 radical (unpaired) electrons. The van der Waals surface area contributed by atoms with Crippen molar-refractivity contribution in [1.29, 1.82) is 0 Å². The molecule has 0 aliphatic heterocycles. The van der Waals surface area contributed by atoms with E-state index < -0.39 is 117 Å². The molecule has 0 saturated carbocycles. The van der Waals surface area contributed by atoms with E-state index in [1.54, 1.807) is 0 Å². The van der Waals surface area contributed by atoms with E-state index in [9.17, 15) is 71.7 Å². The summed E-state index contributed by atoms with van der Waals surface area (Å²) < 4.78 is 153. The molecule has 4 aromatic rings. The Kier molecular flexibility index (Phi) is 19.5. The number of phenolic OH excluding ortho intramolecular Hbond substituents is 2. The molecule has 2 aliphatic carbocycles. The van der Waals surface area contributed by atoms with Crippen LogP contribution in [0.3, 0.4) is 0 Å². The molecular weight excluding hydrogens is 973 g/mol. The normalized spacial score (nSPS) is 14.8. The van der Waals surface area contributed by atoms with Crippen molar-refractivity contribution < 1.29 is 199 Å². The minimum Gasteiger partial charge on any atom is -0.744 e. The number of hydrazone groups is 2. The third kappa shape index (κ3) is 12.1. The zero-order chi connectivity index (χ0) is 44.3. The summed E-state index contributed by atoms with van der Waals surface area (Å²) >= 11 is 0. The Morgan fingerprint density at radius 3 is 1.12 bits per heavy atom. The number of methoxy groups -OCH3 is 2. The predicted octanol–water partition coefficient (Wildman–Crippen LogP) is -10.3. The maximum absolute atomic E-state index is 13.3. The van der Waals surface area contributed by atoms with E-state index in [1.807, 2.05) is 0 Å². The standard InChI is InChI=1S/C34H26N4O18S4.4Na/c1-55-25-9-15(3-5-21(25)35-37-31-27(59(49,50)51)11-17-7-19(57(43,44)45)13-23(39)29(17)33(31)41)16-4-6-22(26(10-16)56-2)36-38-32-28(60(52,53)54)12-18-8-20(58(46,47)48)14-24(40)30(18)34(32)42;;;;/h3-14,35-36,39-40H,1-2H3,(H,43,44,45)(H,46,47,48)(H,49,50,51)(H,52,53,54);;;;/q;4*+1/p-4. The van der Waals surface area contributed by atoms with Gasteiger partial charge in [-0.2, -0.15) is 10.2 Å². The van der Waals surface area contributed by atoms with E-state index in [4.69, 9.17) is 9.47 Å². The summed E-state index contributed by atoms with van der Waals surface area (Å²) in [5, 5.41) is 28.3. The Morgan fingerprint density at radius 2 is 0.844 bits per heavy atom. The summed E-state index contributed by atoms with van der Waals surface area (Å²) in [5.74, 6) is -4.59. The van der Waals surface area contributed by atoms with Crippen LogP contribution < -0.4 is 139 Å². The topological polar surface area (TPSA) is 371 Å². The number of Topliss-reactive ketones (excluding diaryl/α,β-unsaturated/α-hetero) is 2. The SMILES string of the molecule is COc1cc(-c2ccc(NN=C3C(=O)c4c(O)cc(S(=O)(=O)[O-])cc4C=C3S(=O)(=O)[O-])c(OC)c2)ccc1NN=C1C(=O)c2c(O)cc(S(=O)(=O)[O-])cc2C=C1S(=O)(=O)[O-].[Na+].[Na+].[Na+].[Na+]. The van der Waals surface area contributed by atoms with Gasteiger partial charge in [-0.15, -0.1) is 0 Å². The molecule has 4 N–H and O–H groups in total. The zero-order valence-corrected chi connectivity index (χ0v) is 45.1. The van der Waals surface area contributed by atoms with Gasteiger partial charge in [0.2, 0.25) is 11.6 Å². The number of anilines is 2. The van der Waals surface area contributed by atoms with Crippen molar-refractivity contribution in [2.75, 3.05) is 25.1 Å². The van der Waals surface area contributed by atoms with Crippen LogP contribution in [0.25, 0.3) is 23.3 Å². The fraction of sp³-hybridized carbons (Fsp3) is 0.0588. The molecule has 22 nitrogen and oxygen atoms in total. The first-order valence-corrected chi connectivity index (χ1v) is 21.6. The Morgan fingerprint density at radius 1 is 0.516 bits per heavy atom.